The molecule has 2 amide bonds. The molecule has 0 aliphatic heterocycles. The van der Waals surface area contributed by atoms with Gasteiger partial charge >= 0.3 is 6.09 Å². The standard InChI is InChI=1S/C17H20N4O3/c1-17(2,3)24-16(23)19-10-12-4-6-13(7-5-12)15(22)21-14-8-9-18-11-20-14/h4-9,11H,10H2,1-3H3,(H,19,23)(H,18,20,21,22). The Morgan fingerprint density at radius 2 is 1.83 bits per heavy atom. The van der Waals surface area contributed by atoms with E-state index in [2.05, 4.69) is 20.6 Å². The second-order valence-electron chi connectivity index (χ2n) is 6.10. The fraction of sp³-hybridized carbons (Fsp3) is 0.294. The van der Waals surface area contributed by atoms with Crippen LogP contribution in [0.15, 0.2) is 42.9 Å². The first kappa shape index (κ1) is 17.4. The Kier molecular flexibility index (Phi) is 5.47. The van der Waals surface area contributed by atoms with Crippen LogP contribution in [-0.4, -0.2) is 27.6 Å². The lowest BCUT2D eigenvalue weighted by molar-refractivity contribution is 0.0523. The number of nitrogens with zero attached hydrogens (tertiary/aromatic N) is 2. The Hall–Kier alpha value is -2.96. The van der Waals surface area contributed by atoms with E-state index in [4.69, 9.17) is 4.74 Å². The van der Waals surface area contributed by atoms with Gasteiger partial charge in [-0.25, -0.2) is 14.8 Å². The van der Waals surface area contributed by atoms with Crippen LogP contribution < -0.4 is 10.6 Å². The zero-order valence-corrected chi connectivity index (χ0v) is 13.9. The van der Waals surface area contributed by atoms with Gasteiger partial charge in [0.05, 0.1) is 0 Å². The molecule has 0 unspecified atom stereocenters. The maximum atomic E-state index is 12.1. The molecule has 0 spiro atoms. The van der Waals surface area contributed by atoms with Gasteiger partial charge in [0.2, 0.25) is 0 Å². The largest absolute Gasteiger partial charge is 0.444 e. The van der Waals surface area contributed by atoms with E-state index in [-0.39, 0.29) is 5.91 Å². The number of alkyl carbamates (subject to hydrolysis) is 1. The molecule has 7 heteroatoms. The van der Waals surface area contributed by atoms with E-state index in [9.17, 15) is 9.59 Å². The first-order valence-electron chi connectivity index (χ1n) is 7.47. The van der Waals surface area contributed by atoms with Gasteiger partial charge in [0.1, 0.15) is 17.7 Å². The molecule has 2 N–H and O–H groups in total. The SMILES string of the molecule is CC(C)(C)OC(=O)NCc1ccc(C(=O)Nc2ccncn2)cc1. The van der Waals surface area contributed by atoms with Crippen LogP contribution in [-0.2, 0) is 11.3 Å². The van der Waals surface area contributed by atoms with E-state index < -0.39 is 11.7 Å². The van der Waals surface area contributed by atoms with Crippen molar-refractivity contribution >= 4 is 17.8 Å². The smallest absolute Gasteiger partial charge is 0.407 e. The number of carbonyl (C=O) groups is 2. The third kappa shape index (κ3) is 5.68. The van der Waals surface area contributed by atoms with E-state index in [1.807, 2.05) is 0 Å². The molecule has 0 saturated heterocycles. The summed E-state index contributed by atoms with van der Waals surface area (Å²) in [5, 5.41) is 5.34. The Morgan fingerprint density at radius 3 is 2.42 bits per heavy atom. The molecule has 0 aliphatic carbocycles. The van der Waals surface area contributed by atoms with Crippen molar-refractivity contribution in [2.75, 3.05) is 5.32 Å². The molecule has 7 nitrogen and oxygen atoms in total. The van der Waals surface area contributed by atoms with Gasteiger partial charge in [-0.1, -0.05) is 12.1 Å². The Bertz CT molecular complexity index is 694. The van der Waals surface area contributed by atoms with Gasteiger partial charge in [0, 0.05) is 18.3 Å². The van der Waals surface area contributed by atoms with Crippen molar-refractivity contribution in [2.45, 2.75) is 32.9 Å². The number of carbonyl (C=O) groups excluding carboxylic acids is 2. The molecule has 1 heterocycles. The third-order valence-electron chi connectivity index (χ3n) is 2.88. The number of rotatable bonds is 4. The average Bonchev–Trinajstić information content (AvgIpc) is 2.53. The Labute approximate surface area is 140 Å². The van der Waals surface area contributed by atoms with Gasteiger partial charge in [-0.15, -0.1) is 0 Å². The molecule has 1 aromatic heterocycles. The summed E-state index contributed by atoms with van der Waals surface area (Å²) in [6.45, 7) is 5.73. The maximum absolute atomic E-state index is 12.1. The number of ether oxygens (including phenoxy) is 1. The molecule has 1 aromatic carbocycles. The first-order valence-corrected chi connectivity index (χ1v) is 7.47. The number of amides is 2. The van der Waals surface area contributed by atoms with Gasteiger partial charge in [-0.05, 0) is 44.5 Å². The van der Waals surface area contributed by atoms with Crippen molar-refractivity contribution in [2.24, 2.45) is 0 Å². The Balaban J connectivity index is 1.88. The minimum Gasteiger partial charge on any atom is -0.444 e. The number of hydrogen-bond donors (Lipinski definition) is 2. The maximum Gasteiger partial charge on any atom is 0.407 e. The summed E-state index contributed by atoms with van der Waals surface area (Å²) in [5.74, 6) is 0.172. The van der Waals surface area contributed by atoms with Crippen molar-refractivity contribution in [1.82, 2.24) is 15.3 Å². The summed E-state index contributed by atoms with van der Waals surface area (Å²) in [6.07, 6.45) is 2.43. The lowest BCUT2D eigenvalue weighted by atomic mass is 10.1. The highest BCUT2D eigenvalue weighted by Crippen LogP contribution is 2.09. The number of aromatic nitrogens is 2. The Morgan fingerprint density at radius 1 is 1.12 bits per heavy atom. The van der Waals surface area contributed by atoms with Crippen LogP contribution in [0, 0.1) is 0 Å². The molecule has 0 aliphatic rings. The minimum atomic E-state index is -0.535. The van der Waals surface area contributed by atoms with Crippen LogP contribution in [0.3, 0.4) is 0 Å². The lowest BCUT2D eigenvalue weighted by Gasteiger charge is -2.19. The number of benzene rings is 1. The van der Waals surface area contributed by atoms with Crippen LogP contribution >= 0.6 is 0 Å². The van der Waals surface area contributed by atoms with Crippen LogP contribution in [0.1, 0.15) is 36.7 Å². The third-order valence-corrected chi connectivity index (χ3v) is 2.88. The molecular formula is C17H20N4O3. The highest BCUT2D eigenvalue weighted by Gasteiger charge is 2.15. The summed E-state index contributed by atoms with van der Waals surface area (Å²) in [7, 11) is 0. The van der Waals surface area contributed by atoms with Crippen LogP contribution in [0.25, 0.3) is 0 Å². The monoisotopic (exact) mass is 328 g/mol. The van der Waals surface area contributed by atoms with Crippen molar-refractivity contribution in [1.29, 1.82) is 0 Å². The van der Waals surface area contributed by atoms with Crippen LogP contribution in [0.5, 0.6) is 0 Å². The van der Waals surface area contributed by atoms with Crippen LogP contribution in [0.4, 0.5) is 10.6 Å². The summed E-state index contributed by atoms with van der Waals surface area (Å²) >= 11 is 0. The van der Waals surface area contributed by atoms with E-state index in [1.54, 1.807) is 57.3 Å². The summed E-state index contributed by atoms with van der Waals surface area (Å²) < 4.78 is 5.16. The molecule has 2 aromatic rings. The first-order chi connectivity index (χ1) is 11.3. The quantitative estimate of drug-likeness (QED) is 0.900. The molecule has 24 heavy (non-hydrogen) atoms. The molecule has 0 bridgehead atoms. The van der Waals surface area contributed by atoms with Gasteiger partial charge in [-0.3, -0.25) is 4.79 Å². The summed E-state index contributed by atoms with van der Waals surface area (Å²) in [6, 6.07) is 8.51. The predicted molar refractivity (Wildman–Crippen MR) is 89.5 cm³/mol. The van der Waals surface area contributed by atoms with Crippen molar-refractivity contribution < 1.29 is 14.3 Å². The van der Waals surface area contributed by atoms with Gasteiger partial charge in [0.15, 0.2) is 0 Å². The molecular weight excluding hydrogens is 308 g/mol. The average molecular weight is 328 g/mol. The van der Waals surface area contributed by atoms with E-state index in [1.165, 1.54) is 6.33 Å². The highest BCUT2D eigenvalue weighted by atomic mass is 16.6. The predicted octanol–water partition coefficient (Wildman–Crippen LogP) is 2.75. The number of anilines is 1. The fourth-order valence-electron chi connectivity index (χ4n) is 1.82. The minimum absolute atomic E-state index is 0.264. The van der Waals surface area contributed by atoms with Gasteiger partial charge in [0.25, 0.3) is 5.91 Å². The van der Waals surface area contributed by atoms with Gasteiger partial charge in [-0.2, -0.15) is 0 Å². The zero-order chi connectivity index (χ0) is 17.6. The highest BCUT2D eigenvalue weighted by molar-refractivity contribution is 6.03. The van der Waals surface area contributed by atoms with Crippen molar-refractivity contribution in [3.8, 4) is 0 Å². The van der Waals surface area contributed by atoms with Crippen molar-refractivity contribution in [3.05, 3.63) is 54.0 Å². The molecule has 0 saturated carbocycles. The molecule has 0 fully saturated rings. The van der Waals surface area contributed by atoms with Crippen LogP contribution in [0.2, 0.25) is 0 Å². The lowest BCUT2D eigenvalue weighted by Crippen LogP contribution is -2.32. The second-order valence-corrected chi connectivity index (χ2v) is 6.10. The van der Waals surface area contributed by atoms with E-state index in [0.717, 1.165) is 5.56 Å². The zero-order valence-electron chi connectivity index (χ0n) is 13.9. The number of nitrogens with one attached hydrogen (secondary N) is 2. The van der Waals surface area contributed by atoms with Gasteiger partial charge < -0.3 is 15.4 Å². The normalized spacial score (nSPS) is 10.8. The number of hydrogen-bond acceptors (Lipinski definition) is 5. The topological polar surface area (TPSA) is 93.2 Å². The fourth-order valence-corrected chi connectivity index (χ4v) is 1.82. The second kappa shape index (κ2) is 7.54. The van der Waals surface area contributed by atoms with Crippen molar-refractivity contribution in [3.63, 3.8) is 0 Å². The van der Waals surface area contributed by atoms with E-state index >= 15 is 0 Å². The molecule has 126 valence electrons. The molecule has 0 radical (unpaired) electrons. The molecule has 2 rings (SSSR count). The van der Waals surface area contributed by atoms with E-state index in [0.29, 0.717) is 17.9 Å². The summed E-state index contributed by atoms with van der Waals surface area (Å²) in [5.41, 5.74) is 0.821. The molecule has 0 atom stereocenters. The summed E-state index contributed by atoms with van der Waals surface area (Å²) in [4.78, 5) is 31.4.